The fourth-order valence-electron chi connectivity index (χ4n) is 2.86. The van der Waals surface area contributed by atoms with Crippen molar-refractivity contribution in [2.75, 3.05) is 25.1 Å². The topological polar surface area (TPSA) is 95.9 Å². The zero-order valence-electron chi connectivity index (χ0n) is 14.4. The highest BCUT2D eigenvalue weighted by Crippen LogP contribution is 2.21. The first-order valence-electron chi connectivity index (χ1n) is 8.54. The molecule has 0 aromatic heterocycles. The average Bonchev–Trinajstić information content (AvgIpc) is 2.61. The van der Waals surface area contributed by atoms with Gasteiger partial charge < -0.3 is 20.1 Å². The molecular formula is C18H24N2O5. The molecule has 1 aromatic carbocycles. The Balaban J connectivity index is 2.05. The highest BCUT2D eigenvalue weighted by atomic mass is 16.5. The molecule has 0 bridgehead atoms. The largest absolute Gasteiger partial charge is 0.480 e. The molecule has 2 amide bonds. The maximum Gasteiger partial charge on any atom is 0.326 e. The van der Waals surface area contributed by atoms with E-state index in [1.165, 1.54) is 4.90 Å². The average molecular weight is 348 g/mol. The second-order valence-corrected chi connectivity index (χ2v) is 5.92. The number of piperidine rings is 1. The van der Waals surface area contributed by atoms with Crippen LogP contribution in [0.15, 0.2) is 24.3 Å². The Morgan fingerprint density at radius 3 is 2.84 bits per heavy atom. The van der Waals surface area contributed by atoms with E-state index in [1.807, 2.05) is 6.92 Å². The van der Waals surface area contributed by atoms with Gasteiger partial charge in [0.05, 0.1) is 13.0 Å². The van der Waals surface area contributed by atoms with Crippen molar-refractivity contribution < 1.29 is 24.2 Å². The summed E-state index contributed by atoms with van der Waals surface area (Å²) in [5.74, 6) is -1.50. The van der Waals surface area contributed by atoms with Crippen molar-refractivity contribution in [3.05, 3.63) is 29.8 Å². The van der Waals surface area contributed by atoms with Crippen molar-refractivity contribution in [3.8, 4) is 0 Å². The number of aliphatic carboxylic acids is 1. The van der Waals surface area contributed by atoms with Gasteiger partial charge in [-0.3, -0.25) is 9.59 Å². The van der Waals surface area contributed by atoms with Crippen LogP contribution in [0.25, 0.3) is 0 Å². The van der Waals surface area contributed by atoms with Gasteiger partial charge in [0.1, 0.15) is 6.04 Å². The molecule has 2 rings (SSSR count). The molecule has 1 atom stereocenters. The summed E-state index contributed by atoms with van der Waals surface area (Å²) in [4.78, 5) is 37.3. The number of ether oxygens (including phenoxy) is 1. The lowest BCUT2D eigenvalue weighted by molar-refractivity contribution is -0.143. The van der Waals surface area contributed by atoms with Gasteiger partial charge in [-0.2, -0.15) is 0 Å². The normalized spacial score (nSPS) is 17.2. The zero-order valence-corrected chi connectivity index (χ0v) is 14.4. The maximum absolute atomic E-state index is 12.7. The minimum atomic E-state index is -0.978. The van der Waals surface area contributed by atoms with Gasteiger partial charge in [0.2, 0.25) is 5.91 Å². The van der Waals surface area contributed by atoms with Crippen LogP contribution in [0.5, 0.6) is 0 Å². The van der Waals surface area contributed by atoms with Gasteiger partial charge in [-0.05, 0) is 44.4 Å². The molecule has 2 N–H and O–H groups in total. The number of likely N-dealkylation sites (tertiary alicyclic amines) is 1. The highest BCUT2D eigenvalue weighted by molar-refractivity contribution is 5.99. The van der Waals surface area contributed by atoms with Gasteiger partial charge in [0.25, 0.3) is 5.91 Å². The monoisotopic (exact) mass is 348 g/mol. The summed E-state index contributed by atoms with van der Waals surface area (Å²) in [6, 6.07) is 5.79. The van der Waals surface area contributed by atoms with E-state index in [1.54, 1.807) is 24.3 Å². The van der Waals surface area contributed by atoms with Gasteiger partial charge in [0.15, 0.2) is 0 Å². The number of hydrogen-bond donors (Lipinski definition) is 2. The molecular weight excluding hydrogens is 324 g/mol. The van der Waals surface area contributed by atoms with Crippen LogP contribution in [0.1, 0.15) is 43.0 Å². The summed E-state index contributed by atoms with van der Waals surface area (Å²) < 4.78 is 5.14. The van der Waals surface area contributed by atoms with Crippen molar-refractivity contribution in [2.24, 2.45) is 0 Å². The molecule has 1 aliphatic heterocycles. The number of nitrogens with one attached hydrogen (secondary N) is 1. The SMILES string of the molecule is CCOCCC(=O)Nc1cccc(C(=O)N2CCCCC2C(=O)O)c1. The van der Waals surface area contributed by atoms with Crippen LogP contribution < -0.4 is 5.32 Å². The predicted molar refractivity (Wildman–Crippen MR) is 92.5 cm³/mol. The Labute approximate surface area is 147 Å². The third kappa shape index (κ3) is 5.29. The zero-order chi connectivity index (χ0) is 18.2. The van der Waals surface area contributed by atoms with Crippen LogP contribution in [-0.4, -0.2) is 53.6 Å². The lowest BCUT2D eigenvalue weighted by Crippen LogP contribution is -2.48. The van der Waals surface area contributed by atoms with E-state index in [0.29, 0.717) is 37.4 Å². The number of carboxylic acids is 1. The molecule has 7 nitrogen and oxygen atoms in total. The number of anilines is 1. The van der Waals surface area contributed by atoms with Gasteiger partial charge >= 0.3 is 5.97 Å². The number of carbonyl (C=O) groups is 3. The second kappa shape index (κ2) is 9.17. The van der Waals surface area contributed by atoms with E-state index in [4.69, 9.17) is 4.74 Å². The maximum atomic E-state index is 12.7. The smallest absolute Gasteiger partial charge is 0.326 e. The summed E-state index contributed by atoms with van der Waals surface area (Å²) in [5, 5.41) is 12.0. The van der Waals surface area contributed by atoms with Crippen molar-refractivity contribution in [3.63, 3.8) is 0 Å². The summed E-state index contributed by atoms with van der Waals surface area (Å²) in [6.07, 6.45) is 2.30. The Morgan fingerprint density at radius 1 is 1.32 bits per heavy atom. The van der Waals surface area contributed by atoms with Crippen LogP contribution in [0.2, 0.25) is 0 Å². The van der Waals surface area contributed by atoms with Crippen molar-refractivity contribution in [1.82, 2.24) is 4.90 Å². The van der Waals surface area contributed by atoms with Crippen molar-refractivity contribution in [1.29, 1.82) is 0 Å². The van der Waals surface area contributed by atoms with Crippen LogP contribution in [0.3, 0.4) is 0 Å². The summed E-state index contributed by atoms with van der Waals surface area (Å²) in [5.41, 5.74) is 0.881. The lowest BCUT2D eigenvalue weighted by atomic mass is 10.0. The molecule has 136 valence electrons. The van der Waals surface area contributed by atoms with E-state index < -0.39 is 12.0 Å². The van der Waals surface area contributed by atoms with Crippen LogP contribution in [0.4, 0.5) is 5.69 Å². The first kappa shape index (κ1) is 18.9. The highest BCUT2D eigenvalue weighted by Gasteiger charge is 2.32. The number of benzene rings is 1. The quantitative estimate of drug-likeness (QED) is 0.736. The Bertz CT molecular complexity index is 632. The van der Waals surface area contributed by atoms with Crippen molar-refractivity contribution >= 4 is 23.5 Å². The van der Waals surface area contributed by atoms with E-state index in [-0.39, 0.29) is 18.2 Å². The van der Waals surface area contributed by atoms with Crippen molar-refractivity contribution in [2.45, 2.75) is 38.6 Å². The molecule has 1 aliphatic rings. The molecule has 1 aromatic rings. The Kier molecular flexibility index (Phi) is 6.94. The number of amides is 2. The van der Waals surface area contributed by atoms with E-state index >= 15 is 0 Å². The van der Waals surface area contributed by atoms with Gasteiger partial charge in [-0.15, -0.1) is 0 Å². The molecule has 1 fully saturated rings. The fraction of sp³-hybridized carbons (Fsp3) is 0.500. The molecule has 0 aliphatic carbocycles. The van der Waals surface area contributed by atoms with Gasteiger partial charge in [0, 0.05) is 24.4 Å². The number of nitrogens with zero attached hydrogens (tertiary/aromatic N) is 1. The number of carbonyl (C=O) groups excluding carboxylic acids is 2. The third-order valence-corrected chi connectivity index (χ3v) is 4.12. The predicted octanol–water partition coefficient (Wildman–Crippen LogP) is 2.13. The molecule has 1 heterocycles. The fourth-order valence-corrected chi connectivity index (χ4v) is 2.86. The number of hydrogen-bond acceptors (Lipinski definition) is 4. The second-order valence-electron chi connectivity index (χ2n) is 5.92. The minimum absolute atomic E-state index is 0.195. The summed E-state index contributed by atoms with van der Waals surface area (Å²) in [7, 11) is 0. The number of carboxylic acid groups (broad SMARTS) is 1. The Hall–Kier alpha value is -2.41. The molecule has 7 heteroatoms. The van der Waals surface area contributed by atoms with E-state index in [0.717, 1.165) is 12.8 Å². The van der Waals surface area contributed by atoms with Gasteiger partial charge in [-0.1, -0.05) is 6.07 Å². The van der Waals surface area contributed by atoms with E-state index in [2.05, 4.69) is 5.32 Å². The molecule has 0 saturated carbocycles. The minimum Gasteiger partial charge on any atom is -0.480 e. The first-order valence-corrected chi connectivity index (χ1v) is 8.54. The number of rotatable bonds is 7. The van der Waals surface area contributed by atoms with E-state index in [9.17, 15) is 19.5 Å². The molecule has 0 spiro atoms. The third-order valence-electron chi connectivity index (χ3n) is 4.12. The van der Waals surface area contributed by atoms with Crippen LogP contribution in [-0.2, 0) is 14.3 Å². The van der Waals surface area contributed by atoms with Crippen LogP contribution >= 0.6 is 0 Å². The molecule has 1 saturated heterocycles. The molecule has 0 radical (unpaired) electrons. The van der Waals surface area contributed by atoms with Crippen LogP contribution in [0, 0.1) is 0 Å². The molecule has 25 heavy (non-hydrogen) atoms. The summed E-state index contributed by atoms with van der Waals surface area (Å²) >= 11 is 0. The Morgan fingerprint density at radius 2 is 2.12 bits per heavy atom. The first-order chi connectivity index (χ1) is 12.0. The lowest BCUT2D eigenvalue weighted by Gasteiger charge is -2.33. The van der Waals surface area contributed by atoms with Gasteiger partial charge in [-0.25, -0.2) is 4.79 Å². The molecule has 1 unspecified atom stereocenters. The summed E-state index contributed by atoms with van der Waals surface area (Å²) in [6.45, 7) is 3.19. The standard InChI is InChI=1S/C18H24N2O5/c1-2-25-11-9-16(21)19-14-7-5-6-13(12-14)17(22)20-10-4-3-8-15(20)18(23)24/h5-7,12,15H,2-4,8-11H2,1H3,(H,19,21)(H,23,24).